The van der Waals surface area contributed by atoms with E-state index in [0.717, 1.165) is 10.0 Å². The second-order valence-corrected chi connectivity index (χ2v) is 5.68. The summed E-state index contributed by atoms with van der Waals surface area (Å²) in [5.74, 6) is 0.240. The summed E-state index contributed by atoms with van der Waals surface area (Å²) in [6.45, 7) is 0. The molecular weight excluding hydrogens is 345 g/mol. The van der Waals surface area contributed by atoms with Gasteiger partial charge in [0.15, 0.2) is 0 Å². The Morgan fingerprint density at radius 3 is 2.80 bits per heavy atom. The molecule has 0 saturated heterocycles. The van der Waals surface area contributed by atoms with Gasteiger partial charge in [0.25, 0.3) is 0 Å². The molecule has 3 aromatic rings. The van der Waals surface area contributed by atoms with E-state index in [9.17, 15) is 4.39 Å². The molecular formula is C15H10BrClFNO. The molecule has 0 aliphatic rings. The van der Waals surface area contributed by atoms with E-state index in [1.54, 1.807) is 12.1 Å². The Kier molecular flexibility index (Phi) is 3.54. The summed E-state index contributed by atoms with van der Waals surface area (Å²) >= 11 is 9.60. The first kappa shape index (κ1) is 13.6. The van der Waals surface area contributed by atoms with Gasteiger partial charge in [0.05, 0.1) is 11.1 Å². The Labute approximate surface area is 128 Å². The van der Waals surface area contributed by atoms with Gasteiger partial charge < -0.3 is 10.2 Å². The molecule has 2 aromatic carbocycles. The third-order valence-electron chi connectivity index (χ3n) is 3.12. The van der Waals surface area contributed by atoms with Crippen molar-refractivity contribution in [2.24, 2.45) is 5.73 Å². The van der Waals surface area contributed by atoms with E-state index in [1.807, 2.05) is 18.2 Å². The SMILES string of the molecule is NC(c1cc2cc(F)ccc2o1)c1cccc(Br)c1Cl. The van der Waals surface area contributed by atoms with Crippen LogP contribution >= 0.6 is 27.5 Å². The lowest BCUT2D eigenvalue weighted by Crippen LogP contribution is -2.11. The molecule has 0 aliphatic heterocycles. The highest BCUT2D eigenvalue weighted by molar-refractivity contribution is 9.10. The van der Waals surface area contributed by atoms with Crippen molar-refractivity contribution < 1.29 is 8.81 Å². The van der Waals surface area contributed by atoms with Crippen molar-refractivity contribution in [2.45, 2.75) is 6.04 Å². The molecule has 0 aliphatic carbocycles. The van der Waals surface area contributed by atoms with Gasteiger partial charge in [-0.15, -0.1) is 0 Å². The minimum Gasteiger partial charge on any atom is -0.459 e. The van der Waals surface area contributed by atoms with Crippen LogP contribution in [0.15, 0.2) is 51.4 Å². The molecule has 0 fully saturated rings. The van der Waals surface area contributed by atoms with Crippen LogP contribution in [0.5, 0.6) is 0 Å². The van der Waals surface area contributed by atoms with Gasteiger partial charge in [0.1, 0.15) is 17.2 Å². The highest BCUT2D eigenvalue weighted by Crippen LogP contribution is 2.34. The van der Waals surface area contributed by atoms with Crippen molar-refractivity contribution in [1.82, 2.24) is 0 Å². The Morgan fingerprint density at radius 1 is 1.20 bits per heavy atom. The van der Waals surface area contributed by atoms with Crippen LogP contribution in [0, 0.1) is 5.82 Å². The first-order valence-corrected chi connectivity index (χ1v) is 7.12. The number of fused-ring (bicyclic) bond motifs is 1. The summed E-state index contributed by atoms with van der Waals surface area (Å²) in [4.78, 5) is 0. The van der Waals surface area contributed by atoms with Gasteiger partial charge in [0.2, 0.25) is 0 Å². The molecule has 5 heteroatoms. The molecule has 20 heavy (non-hydrogen) atoms. The molecule has 1 atom stereocenters. The number of hydrogen-bond acceptors (Lipinski definition) is 2. The number of rotatable bonds is 2. The molecule has 0 radical (unpaired) electrons. The molecule has 1 aromatic heterocycles. The average molecular weight is 355 g/mol. The highest BCUT2D eigenvalue weighted by atomic mass is 79.9. The third kappa shape index (κ3) is 2.35. The lowest BCUT2D eigenvalue weighted by molar-refractivity contribution is 0.524. The zero-order valence-electron chi connectivity index (χ0n) is 10.2. The second kappa shape index (κ2) is 5.20. The van der Waals surface area contributed by atoms with Crippen molar-refractivity contribution in [2.75, 3.05) is 0 Å². The zero-order valence-corrected chi connectivity index (χ0v) is 12.6. The first-order chi connectivity index (χ1) is 9.56. The van der Waals surface area contributed by atoms with Crippen LogP contribution in [0.4, 0.5) is 4.39 Å². The normalized spacial score (nSPS) is 12.8. The third-order valence-corrected chi connectivity index (χ3v) is 4.43. The minimum atomic E-state index is -0.504. The Hall–Kier alpha value is -1.36. The van der Waals surface area contributed by atoms with Gasteiger partial charge in [0, 0.05) is 9.86 Å². The molecule has 1 unspecified atom stereocenters. The summed E-state index contributed by atoms with van der Waals surface area (Å²) < 4.78 is 19.6. The fourth-order valence-electron chi connectivity index (χ4n) is 2.10. The lowest BCUT2D eigenvalue weighted by Gasteiger charge is -2.11. The van der Waals surface area contributed by atoms with Crippen molar-refractivity contribution in [3.8, 4) is 0 Å². The predicted octanol–water partition coefficient (Wildman–Crippen LogP) is 5.04. The molecule has 2 N–H and O–H groups in total. The monoisotopic (exact) mass is 353 g/mol. The van der Waals surface area contributed by atoms with E-state index < -0.39 is 6.04 Å². The number of hydrogen-bond donors (Lipinski definition) is 1. The Bertz CT molecular complexity index is 787. The van der Waals surface area contributed by atoms with Crippen molar-refractivity contribution in [3.63, 3.8) is 0 Å². The molecule has 102 valence electrons. The molecule has 0 spiro atoms. The largest absolute Gasteiger partial charge is 0.459 e. The first-order valence-electron chi connectivity index (χ1n) is 5.95. The molecule has 3 rings (SSSR count). The molecule has 0 saturated carbocycles. The lowest BCUT2D eigenvalue weighted by atomic mass is 10.1. The standard InChI is InChI=1S/C15H10BrClFNO/c16-11-3-1-2-10(14(11)17)15(19)13-7-8-6-9(18)4-5-12(8)20-13/h1-7,15H,19H2. The van der Waals surface area contributed by atoms with Gasteiger partial charge in [-0.2, -0.15) is 0 Å². The van der Waals surface area contributed by atoms with E-state index in [0.29, 0.717) is 21.8 Å². The maximum Gasteiger partial charge on any atom is 0.134 e. The van der Waals surface area contributed by atoms with Crippen LogP contribution in [-0.2, 0) is 0 Å². The zero-order chi connectivity index (χ0) is 14.3. The van der Waals surface area contributed by atoms with Crippen LogP contribution in [0.3, 0.4) is 0 Å². The number of furan rings is 1. The summed E-state index contributed by atoms with van der Waals surface area (Å²) in [5, 5.41) is 1.23. The molecule has 0 amide bonds. The fourth-order valence-corrected chi connectivity index (χ4v) is 2.73. The Morgan fingerprint density at radius 2 is 2.00 bits per heavy atom. The summed E-state index contributed by atoms with van der Waals surface area (Å²) in [7, 11) is 0. The summed E-state index contributed by atoms with van der Waals surface area (Å²) in [6, 6.07) is 11.1. The molecule has 2 nitrogen and oxygen atoms in total. The van der Waals surface area contributed by atoms with Crippen LogP contribution in [0.25, 0.3) is 11.0 Å². The maximum atomic E-state index is 13.2. The number of halogens is 3. The fraction of sp³-hybridized carbons (Fsp3) is 0.0667. The van der Waals surface area contributed by atoms with E-state index in [2.05, 4.69) is 15.9 Å². The van der Waals surface area contributed by atoms with Gasteiger partial charge >= 0.3 is 0 Å². The summed E-state index contributed by atoms with van der Waals surface area (Å²) in [6.07, 6.45) is 0. The van der Waals surface area contributed by atoms with Crippen molar-refractivity contribution in [3.05, 3.63) is 69.1 Å². The number of nitrogens with two attached hydrogens (primary N) is 1. The van der Waals surface area contributed by atoms with E-state index in [-0.39, 0.29) is 5.82 Å². The van der Waals surface area contributed by atoms with E-state index in [1.165, 1.54) is 12.1 Å². The van der Waals surface area contributed by atoms with E-state index in [4.69, 9.17) is 21.8 Å². The maximum absolute atomic E-state index is 13.2. The highest BCUT2D eigenvalue weighted by Gasteiger charge is 2.18. The van der Waals surface area contributed by atoms with Gasteiger partial charge in [-0.3, -0.25) is 0 Å². The van der Waals surface area contributed by atoms with Crippen LogP contribution in [0.2, 0.25) is 5.02 Å². The van der Waals surface area contributed by atoms with Crippen molar-refractivity contribution >= 4 is 38.5 Å². The average Bonchev–Trinajstić information content (AvgIpc) is 2.84. The summed E-state index contributed by atoms with van der Waals surface area (Å²) in [5.41, 5.74) is 7.55. The van der Waals surface area contributed by atoms with Crippen molar-refractivity contribution in [1.29, 1.82) is 0 Å². The predicted molar refractivity (Wildman–Crippen MR) is 81.4 cm³/mol. The quantitative estimate of drug-likeness (QED) is 0.700. The van der Waals surface area contributed by atoms with Gasteiger partial charge in [-0.25, -0.2) is 4.39 Å². The molecule has 0 bridgehead atoms. The van der Waals surface area contributed by atoms with Gasteiger partial charge in [-0.05, 0) is 51.8 Å². The smallest absolute Gasteiger partial charge is 0.134 e. The second-order valence-electron chi connectivity index (χ2n) is 4.45. The van der Waals surface area contributed by atoms with E-state index >= 15 is 0 Å². The number of benzene rings is 2. The topological polar surface area (TPSA) is 39.2 Å². The van der Waals surface area contributed by atoms with Crippen LogP contribution in [-0.4, -0.2) is 0 Å². The Balaban J connectivity index is 2.08. The molecule has 1 heterocycles. The van der Waals surface area contributed by atoms with Gasteiger partial charge in [-0.1, -0.05) is 23.7 Å². The van der Waals surface area contributed by atoms with Crippen LogP contribution < -0.4 is 5.73 Å². The minimum absolute atomic E-state index is 0.307. The van der Waals surface area contributed by atoms with Crippen LogP contribution in [0.1, 0.15) is 17.4 Å².